The molecular weight excluding hydrogens is 588 g/mol. The van der Waals surface area contributed by atoms with Crippen LogP contribution in [0.15, 0.2) is 41.3 Å². The lowest BCUT2D eigenvalue weighted by Gasteiger charge is -2.25. The number of likely N-dealkylation sites (N-methyl/N-ethyl adjacent to an activating group) is 1. The van der Waals surface area contributed by atoms with Gasteiger partial charge in [0.15, 0.2) is 5.78 Å². The van der Waals surface area contributed by atoms with Crippen LogP contribution in [-0.4, -0.2) is 47.0 Å². The summed E-state index contributed by atoms with van der Waals surface area (Å²) in [6.07, 6.45) is -4.06. The molecule has 3 aromatic rings. The van der Waals surface area contributed by atoms with Crippen molar-refractivity contribution in [2.24, 2.45) is 0 Å². The summed E-state index contributed by atoms with van der Waals surface area (Å²) in [5, 5.41) is 9.77. The maximum absolute atomic E-state index is 15.7. The first-order valence-corrected chi connectivity index (χ1v) is 15.0. The van der Waals surface area contributed by atoms with Crippen LogP contribution in [0.5, 0.6) is 0 Å². The molecule has 1 N–H and O–H groups in total. The Bertz CT molecular complexity index is 1600. The minimum atomic E-state index is -4.76. The van der Waals surface area contributed by atoms with Gasteiger partial charge < -0.3 is 14.6 Å². The van der Waals surface area contributed by atoms with Gasteiger partial charge in [-0.25, -0.2) is 4.39 Å². The molecule has 45 heavy (non-hydrogen) atoms. The lowest BCUT2D eigenvalue weighted by Crippen LogP contribution is -2.33. The van der Waals surface area contributed by atoms with E-state index in [2.05, 4.69) is 0 Å². The molecule has 3 rings (SSSR count). The number of nitrogens with zero attached hydrogens (tertiary/aromatic N) is 2. The van der Waals surface area contributed by atoms with Crippen molar-refractivity contribution in [2.75, 3.05) is 20.6 Å². The highest BCUT2D eigenvalue weighted by atomic mass is 19.4. The smallest absolute Gasteiger partial charge is 0.416 e. The van der Waals surface area contributed by atoms with Gasteiger partial charge in [-0.3, -0.25) is 14.4 Å². The fourth-order valence-corrected chi connectivity index (χ4v) is 6.13. The number of benzene rings is 2. The molecule has 0 aliphatic carbocycles. The van der Waals surface area contributed by atoms with E-state index in [1.807, 2.05) is 32.9 Å². The summed E-state index contributed by atoms with van der Waals surface area (Å²) in [7, 11) is 3.43. The van der Waals surface area contributed by atoms with Crippen molar-refractivity contribution in [3.63, 3.8) is 0 Å². The van der Waals surface area contributed by atoms with Gasteiger partial charge in [0.25, 0.3) is 5.56 Å². The Labute approximate surface area is 261 Å². The number of alkyl halides is 3. The van der Waals surface area contributed by atoms with Crippen LogP contribution in [0.3, 0.4) is 0 Å². The van der Waals surface area contributed by atoms with Crippen LogP contribution < -0.4 is 5.56 Å². The van der Waals surface area contributed by atoms with E-state index >= 15 is 4.39 Å². The predicted octanol–water partition coefficient (Wildman–Crippen LogP) is 7.57. The minimum Gasteiger partial charge on any atom is -0.481 e. The molecule has 1 unspecified atom stereocenters. The number of aromatic nitrogens is 1. The van der Waals surface area contributed by atoms with Crippen LogP contribution in [0.2, 0.25) is 0 Å². The van der Waals surface area contributed by atoms with Gasteiger partial charge >= 0.3 is 12.1 Å². The molecule has 0 fully saturated rings. The summed E-state index contributed by atoms with van der Waals surface area (Å²) in [4.78, 5) is 40.7. The van der Waals surface area contributed by atoms with Crippen molar-refractivity contribution in [2.45, 2.75) is 84.9 Å². The number of ketones is 1. The van der Waals surface area contributed by atoms with Crippen molar-refractivity contribution >= 4 is 11.8 Å². The van der Waals surface area contributed by atoms with E-state index in [1.165, 1.54) is 0 Å². The van der Waals surface area contributed by atoms with Crippen molar-refractivity contribution in [1.82, 2.24) is 9.47 Å². The third-order valence-electron chi connectivity index (χ3n) is 8.12. The number of rotatable bonds is 13. The Kier molecular flexibility index (Phi) is 11.5. The van der Waals surface area contributed by atoms with Gasteiger partial charge in [0.1, 0.15) is 5.82 Å². The van der Waals surface area contributed by atoms with Gasteiger partial charge in [-0.05, 0) is 106 Å². The highest BCUT2D eigenvalue weighted by molar-refractivity contribution is 5.84. The lowest BCUT2D eigenvalue weighted by atomic mass is 9.84. The van der Waals surface area contributed by atoms with Gasteiger partial charge in [0.2, 0.25) is 0 Å². The molecule has 0 saturated heterocycles. The topological polar surface area (TPSA) is 79.6 Å². The SMILES string of the molecule is CCCC(C(=O)C[C@@H](CC(=O)O)c1cc(-c2c(C)cc(C)cc2C)cc(C)c1F)n1cc(CCN(C)C)c(C(F)(F)F)cc1=O. The largest absolute Gasteiger partial charge is 0.481 e. The van der Waals surface area contributed by atoms with Crippen molar-refractivity contribution in [3.8, 4) is 11.1 Å². The van der Waals surface area contributed by atoms with Crippen LogP contribution in [0.4, 0.5) is 17.6 Å². The second-order valence-corrected chi connectivity index (χ2v) is 12.2. The third-order valence-corrected chi connectivity index (χ3v) is 8.12. The molecule has 0 amide bonds. The Morgan fingerprint density at radius 2 is 1.58 bits per heavy atom. The first kappa shape index (κ1) is 35.7. The third kappa shape index (κ3) is 8.69. The van der Waals surface area contributed by atoms with E-state index in [0.717, 1.165) is 33.0 Å². The van der Waals surface area contributed by atoms with Gasteiger partial charge in [-0.1, -0.05) is 31.0 Å². The van der Waals surface area contributed by atoms with Gasteiger partial charge in [0, 0.05) is 31.1 Å². The number of hydrogen-bond donors (Lipinski definition) is 1. The molecular formula is C35H42F4N2O4. The van der Waals surface area contributed by atoms with Crippen LogP contribution in [0.25, 0.3) is 11.1 Å². The molecule has 6 nitrogen and oxygen atoms in total. The zero-order valence-electron chi connectivity index (χ0n) is 26.9. The number of carbonyl (C=O) groups is 2. The van der Waals surface area contributed by atoms with Gasteiger partial charge in [-0.2, -0.15) is 13.2 Å². The summed E-state index contributed by atoms with van der Waals surface area (Å²) in [6, 6.07) is 6.67. The average Bonchev–Trinajstić information content (AvgIpc) is 2.91. The summed E-state index contributed by atoms with van der Waals surface area (Å²) in [5.74, 6) is -3.47. The molecule has 0 radical (unpaired) electrons. The molecule has 2 aromatic carbocycles. The van der Waals surface area contributed by atoms with Crippen LogP contribution in [0.1, 0.15) is 83.5 Å². The number of carboxylic acids is 1. The average molecular weight is 631 g/mol. The lowest BCUT2D eigenvalue weighted by molar-refractivity contribution is -0.139. The molecule has 10 heteroatoms. The number of halogens is 4. The summed E-state index contributed by atoms with van der Waals surface area (Å²) in [5.41, 5.74) is 2.78. The molecule has 244 valence electrons. The minimum absolute atomic E-state index is 0.00801. The van der Waals surface area contributed by atoms with E-state index in [1.54, 1.807) is 45.0 Å². The number of Topliss-reactive ketones (excluding diaryl/α,β-unsaturated/α-hetero) is 1. The van der Waals surface area contributed by atoms with Crippen molar-refractivity contribution < 1.29 is 32.3 Å². The zero-order chi connectivity index (χ0) is 33.8. The van der Waals surface area contributed by atoms with Crippen LogP contribution >= 0.6 is 0 Å². The number of carbonyl (C=O) groups excluding carboxylic acids is 1. The molecule has 0 aliphatic heterocycles. The van der Waals surface area contributed by atoms with E-state index < -0.39 is 59.7 Å². The Morgan fingerprint density at radius 3 is 2.11 bits per heavy atom. The number of carboxylic acid groups (broad SMARTS) is 1. The highest BCUT2D eigenvalue weighted by Gasteiger charge is 2.36. The standard InChI is InChI=1S/C35H42F4N2O4/c1-8-9-29(41-19-24(10-11-40(6)7)28(18-31(41)43)35(37,38)39)30(42)16-25(17-32(44)45)27-15-26(14-23(5)34(27)36)33-21(3)12-20(2)13-22(33)4/h12-15,18-19,25,29H,8-11,16-17H2,1-7H3,(H,44,45)/t25-,29?/m0/s1. The molecule has 0 bridgehead atoms. The van der Waals surface area contributed by atoms with Crippen molar-refractivity contribution in [3.05, 3.63) is 91.6 Å². The molecule has 0 spiro atoms. The first-order valence-electron chi connectivity index (χ1n) is 15.0. The van der Waals surface area contributed by atoms with Crippen LogP contribution in [-0.2, 0) is 22.2 Å². The summed E-state index contributed by atoms with van der Waals surface area (Å²) >= 11 is 0. The number of aliphatic carboxylic acids is 1. The van der Waals surface area contributed by atoms with Crippen LogP contribution in [0, 0.1) is 33.5 Å². The van der Waals surface area contributed by atoms with E-state index in [0.29, 0.717) is 23.6 Å². The predicted molar refractivity (Wildman–Crippen MR) is 167 cm³/mol. The van der Waals surface area contributed by atoms with E-state index in [4.69, 9.17) is 0 Å². The van der Waals surface area contributed by atoms with Crippen molar-refractivity contribution in [1.29, 1.82) is 0 Å². The summed E-state index contributed by atoms with van der Waals surface area (Å²) in [6.45, 7) is 9.49. The number of aryl methyl sites for hydroxylation is 4. The molecule has 0 saturated carbocycles. The summed E-state index contributed by atoms with van der Waals surface area (Å²) < 4.78 is 58.3. The zero-order valence-corrected chi connectivity index (χ0v) is 26.9. The Morgan fingerprint density at radius 1 is 0.956 bits per heavy atom. The monoisotopic (exact) mass is 630 g/mol. The number of hydrogen-bond acceptors (Lipinski definition) is 4. The number of pyridine rings is 1. The van der Waals surface area contributed by atoms with Gasteiger partial charge in [-0.15, -0.1) is 0 Å². The second kappa shape index (κ2) is 14.5. The quantitative estimate of drug-likeness (QED) is 0.197. The van der Waals surface area contributed by atoms with E-state index in [9.17, 15) is 32.7 Å². The fourth-order valence-electron chi connectivity index (χ4n) is 6.13. The first-order chi connectivity index (χ1) is 20.9. The maximum atomic E-state index is 15.7. The highest BCUT2D eigenvalue weighted by Crippen LogP contribution is 2.37. The second-order valence-electron chi connectivity index (χ2n) is 12.2. The van der Waals surface area contributed by atoms with Gasteiger partial charge in [0.05, 0.1) is 18.0 Å². The fraction of sp³-hybridized carbons (Fsp3) is 0.457. The molecule has 2 atom stereocenters. The maximum Gasteiger partial charge on any atom is 0.416 e. The van der Waals surface area contributed by atoms with E-state index in [-0.39, 0.29) is 30.5 Å². The Balaban J connectivity index is 2.12. The molecule has 1 heterocycles. The molecule has 0 aliphatic rings. The normalized spacial score (nSPS) is 13.2. The Hall–Kier alpha value is -3.79. The molecule has 1 aromatic heterocycles.